The highest BCUT2D eigenvalue weighted by atomic mass is 35.5. The summed E-state index contributed by atoms with van der Waals surface area (Å²) in [5.74, 6) is 1.36. The molecule has 0 bridgehead atoms. The molecule has 21 heavy (non-hydrogen) atoms. The summed E-state index contributed by atoms with van der Waals surface area (Å²) < 4.78 is 13.7. The van der Waals surface area contributed by atoms with Crippen molar-refractivity contribution in [3.63, 3.8) is 0 Å². The van der Waals surface area contributed by atoms with Crippen molar-refractivity contribution in [1.82, 2.24) is 4.90 Å². The van der Waals surface area contributed by atoms with Gasteiger partial charge in [-0.1, -0.05) is 36.9 Å². The van der Waals surface area contributed by atoms with Gasteiger partial charge in [0.05, 0.1) is 5.02 Å². The van der Waals surface area contributed by atoms with E-state index >= 15 is 0 Å². The van der Waals surface area contributed by atoms with E-state index in [0.717, 1.165) is 30.5 Å². The largest absolute Gasteiger partial charge is 0.329 e. The van der Waals surface area contributed by atoms with Crippen molar-refractivity contribution in [2.75, 3.05) is 19.6 Å². The molecule has 3 atom stereocenters. The lowest BCUT2D eigenvalue weighted by atomic mass is 9.74. The highest BCUT2D eigenvalue weighted by Crippen LogP contribution is 2.38. The van der Waals surface area contributed by atoms with Crippen molar-refractivity contribution >= 4 is 11.6 Å². The van der Waals surface area contributed by atoms with Gasteiger partial charge in [-0.15, -0.1) is 0 Å². The molecule has 2 N–H and O–H groups in total. The summed E-state index contributed by atoms with van der Waals surface area (Å²) in [6.07, 6.45) is 6.74. The number of fused-ring (bicyclic) bond motifs is 1. The quantitative estimate of drug-likeness (QED) is 0.914. The third kappa shape index (κ3) is 3.25. The first-order valence-corrected chi connectivity index (χ1v) is 8.46. The van der Waals surface area contributed by atoms with Gasteiger partial charge in [-0.05, 0) is 48.9 Å². The zero-order chi connectivity index (χ0) is 14.8. The molecule has 0 radical (unpaired) electrons. The molecule has 1 saturated heterocycles. The molecule has 1 saturated carbocycles. The number of nitrogens with two attached hydrogens (primary N) is 1. The summed E-state index contributed by atoms with van der Waals surface area (Å²) in [5.41, 5.74) is 6.95. The molecule has 1 aromatic rings. The lowest BCUT2D eigenvalue weighted by Gasteiger charge is -2.44. The maximum Gasteiger partial charge on any atom is 0.142 e. The number of piperidine rings is 1. The van der Waals surface area contributed by atoms with Crippen LogP contribution < -0.4 is 5.73 Å². The Hall–Kier alpha value is -0.640. The Kier molecular flexibility index (Phi) is 4.82. The maximum absolute atomic E-state index is 13.7. The summed E-state index contributed by atoms with van der Waals surface area (Å²) >= 11 is 5.79. The van der Waals surface area contributed by atoms with Gasteiger partial charge in [-0.2, -0.15) is 0 Å². The predicted octanol–water partition coefficient (Wildman–Crippen LogP) is 3.99. The summed E-state index contributed by atoms with van der Waals surface area (Å²) in [7, 11) is 0. The Morgan fingerprint density at radius 1 is 1.24 bits per heavy atom. The summed E-state index contributed by atoms with van der Waals surface area (Å²) in [4.78, 5) is 2.45. The topological polar surface area (TPSA) is 29.3 Å². The Bertz CT molecular complexity index is 494. The number of likely N-dealkylation sites (tertiary alicyclic amines) is 1. The average molecular weight is 311 g/mol. The average Bonchev–Trinajstić information content (AvgIpc) is 2.51. The van der Waals surface area contributed by atoms with Gasteiger partial charge in [0.15, 0.2) is 0 Å². The Labute approximate surface area is 131 Å². The Morgan fingerprint density at radius 2 is 2.00 bits per heavy atom. The van der Waals surface area contributed by atoms with E-state index in [2.05, 4.69) is 4.90 Å². The fourth-order valence-electron chi connectivity index (χ4n) is 4.13. The van der Waals surface area contributed by atoms with Crippen molar-refractivity contribution in [1.29, 1.82) is 0 Å². The van der Waals surface area contributed by atoms with E-state index in [1.807, 2.05) is 6.07 Å². The smallest absolute Gasteiger partial charge is 0.142 e. The number of nitrogens with zero attached hydrogens (tertiary/aromatic N) is 1. The van der Waals surface area contributed by atoms with Crippen molar-refractivity contribution in [2.45, 2.75) is 38.1 Å². The molecule has 1 heterocycles. The lowest BCUT2D eigenvalue weighted by Crippen LogP contribution is -2.45. The molecule has 0 aromatic heterocycles. The van der Waals surface area contributed by atoms with Crippen LogP contribution >= 0.6 is 11.6 Å². The molecule has 3 unspecified atom stereocenters. The van der Waals surface area contributed by atoms with Crippen LogP contribution in [0.3, 0.4) is 0 Å². The van der Waals surface area contributed by atoms with Crippen LogP contribution in [0.25, 0.3) is 0 Å². The van der Waals surface area contributed by atoms with E-state index in [1.54, 1.807) is 12.1 Å². The number of benzene rings is 1. The molecular weight excluding hydrogens is 287 g/mol. The lowest BCUT2D eigenvalue weighted by molar-refractivity contribution is 0.0585. The highest BCUT2D eigenvalue weighted by molar-refractivity contribution is 6.30. The number of halogens is 2. The number of hydrogen-bond donors (Lipinski definition) is 1. The SMILES string of the molecule is NCC(c1ccc(Cl)c(F)c1)N1CCC2CCCCC2C1. The Morgan fingerprint density at radius 3 is 2.71 bits per heavy atom. The first-order valence-electron chi connectivity index (χ1n) is 8.08. The standard InChI is InChI=1S/C17H24ClFN2/c18-15-6-5-13(9-16(15)19)17(10-20)21-8-7-12-3-1-2-4-14(12)11-21/h5-6,9,12,14,17H,1-4,7-8,10-11,20H2. The maximum atomic E-state index is 13.7. The van der Waals surface area contributed by atoms with Crippen LogP contribution in [0, 0.1) is 17.7 Å². The molecule has 4 heteroatoms. The van der Waals surface area contributed by atoms with Gasteiger partial charge in [0.25, 0.3) is 0 Å². The third-order valence-corrected chi connectivity index (χ3v) is 5.62. The van der Waals surface area contributed by atoms with Gasteiger partial charge in [0.2, 0.25) is 0 Å². The molecule has 0 spiro atoms. The van der Waals surface area contributed by atoms with Gasteiger partial charge in [-0.3, -0.25) is 4.90 Å². The van der Waals surface area contributed by atoms with E-state index in [0.29, 0.717) is 6.54 Å². The molecule has 116 valence electrons. The zero-order valence-electron chi connectivity index (χ0n) is 12.4. The summed E-state index contributed by atoms with van der Waals surface area (Å²) in [6, 6.07) is 5.21. The summed E-state index contributed by atoms with van der Waals surface area (Å²) in [5, 5.41) is 0.181. The second-order valence-electron chi connectivity index (χ2n) is 6.51. The van der Waals surface area contributed by atoms with Crippen LogP contribution in [0.5, 0.6) is 0 Å². The minimum Gasteiger partial charge on any atom is -0.329 e. The van der Waals surface area contributed by atoms with Crippen LogP contribution in [0.1, 0.15) is 43.7 Å². The molecule has 2 aliphatic rings. The van der Waals surface area contributed by atoms with Crippen molar-refractivity contribution in [3.05, 3.63) is 34.6 Å². The normalized spacial score (nSPS) is 28.1. The van der Waals surface area contributed by atoms with E-state index in [-0.39, 0.29) is 16.9 Å². The fraction of sp³-hybridized carbons (Fsp3) is 0.647. The number of hydrogen-bond acceptors (Lipinski definition) is 2. The molecule has 2 fully saturated rings. The van der Waals surface area contributed by atoms with Crippen LogP contribution in [-0.4, -0.2) is 24.5 Å². The van der Waals surface area contributed by atoms with Gasteiger partial charge in [0.1, 0.15) is 5.82 Å². The van der Waals surface area contributed by atoms with Gasteiger partial charge < -0.3 is 5.73 Å². The summed E-state index contributed by atoms with van der Waals surface area (Å²) in [6.45, 7) is 2.71. The van der Waals surface area contributed by atoms with Crippen LogP contribution in [0.2, 0.25) is 5.02 Å². The van der Waals surface area contributed by atoms with Crippen molar-refractivity contribution in [2.24, 2.45) is 17.6 Å². The van der Waals surface area contributed by atoms with E-state index in [1.165, 1.54) is 32.1 Å². The van der Waals surface area contributed by atoms with Gasteiger partial charge in [-0.25, -0.2) is 4.39 Å². The third-order valence-electron chi connectivity index (χ3n) is 5.32. The van der Waals surface area contributed by atoms with E-state index in [9.17, 15) is 4.39 Å². The molecule has 2 nitrogen and oxygen atoms in total. The Balaban J connectivity index is 1.75. The predicted molar refractivity (Wildman–Crippen MR) is 84.8 cm³/mol. The fourth-order valence-corrected chi connectivity index (χ4v) is 4.25. The molecule has 3 rings (SSSR count). The molecule has 1 aliphatic heterocycles. The zero-order valence-corrected chi connectivity index (χ0v) is 13.2. The van der Waals surface area contributed by atoms with Crippen LogP contribution in [-0.2, 0) is 0 Å². The van der Waals surface area contributed by atoms with Crippen molar-refractivity contribution < 1.29 is 4.39 Å². The molecule has 0 amide bonds. The van der Waals surface area contributed by atoms with Crippen molar-refractivity contribution in [3.8, 4) is 0 Å². The minimum absolute atomic E-state index is 0.111. The van der Waals surface area contributed by atoms with E-state index in [4.69, 9.17) is 17.3 Å². The second kappa shape index (κ2) is 6.64. The first-order chi connectivity index (χ1) is 10.2. The first kappa shape index (κ1) is 15.3. The molecular formula is C17H24ClFN2. The van der Waals surface area contributed by atoms with Crippen LogP contribution in [0.15, 0.2) is 18.2 Å². The van der Waals surface area contributed by atoms with E-state index < -0.39 is 0 Å². The monoisotopic (exact) mass is 310 g/mol. The van der Waals surface area contributed by atoms with Gasteiger partial charge in [0, 0.05) is 19.1 Å². The highest BCUT2D eigenvalue weighted by Gasteiger charge is 2.33. The number of rotatable bonds is 3. The molecule has 1 aliphatic carbocycles. The molecule has 1 aromatic carbocycles. The van der Waals surface area contributed by atoms with Crippen LogP contribution in [0.4, 0.5) is 4.39 Å². The van der Waals surface area contributed by atoms with Gasteiger partial charge >= 0.3 is 0 Å². The minimum atomic E-state index is -0.347. The second-order valence-corrected chi connectivity index (χ2v) is 6.92.